The maximum Gasteiger partial charge on any atom is 0.251 e. The molecule has 0 unspecified atom stereocenters. The number of benzene rings is 1. The molecule has 7 nitrogen and oxygen atoms in total. The molecular formula is C23H26N4O3. The molecule has 0 saturated carbocycles. The molecule has 0 spiro atoms. The van der Waals surface area contributed by atoms with Gasteiger partial charge in [0.1, 0.15) is 5.75 Å². The smallest absolute Gasteiger partial charge is 0.251 e. The summed E-state index contributed by atoms with van der Waals surface area (Å²) in [6.07, 6.45) is 1.90. The summed E-state index contributed by atoms with van der Waals surface area (Å²) >= 11 is 0. The number of rotatable bonds is 5. The highest BCUT2D eigenvalue weighted by Crippen LogP contribution is 2.42. The topological polar surface area (TPSA) is 73.4 Å². The number of methoxy groups -OCH3 is 1. The van der Waals surface area contributed by atoms with Crippen LogP contribution in [0, 0.1) is 12.8 Å². The van der Waals surface area contributed by atoms with Crippen LogP contribution in [0.25, 0.3) is 0 Å². The van der Waals surface area contributed by atoms with Gasteiger partial charge in [-0.15, -0.1) is 0 Å². The first-order valence-corrected chi connectivity index (χ1v) is 10.5. The van der Waals surface area contributed by atoms with E-state index in [1.54, 1.807) is 13.2 Å². The van der Waals surface area contributed by atoms with Gasteiger partial charge in [0.05, 0.1) is 13.7 Å². The molecule has 1 saturated heterocycles. The molecule has 4 heterocycles. The SMILES string of the molecule is COc1cccc(C[C@H]2[C@H]3C[C@H](CN(Cc4noc(C)n4)C3)c3cccc(=O)n32)c1. The molecule has 2 aromatic heterocycles. The van der Waals surface area contributed by atoms with Gasteiger partial charge >= 0.3 is 0 Å². The zero-order valence-electron chi connectivity index (χ0n) is 17.3. The number of aryl methyl sites for hydroxylation is 1. The lowest BCUT2D eigenvalue weighted by molar-refractivity contribution is 0.0829. The van der Waals surface area contributed by atoms with Crippen molar-refractivity contribution >= 4 is 0 Å². The average molecular weight is 406 g/mol. The van der Waals surface area contributed by atoms with E-state index in [2.05, 4.69) is 33.2 Å². The molecule has 5 rings (SSSR count). The van der Waals surface area contributed by atoms with Gasteiger partial charge in [-0.3, -0.25) is 9.69 Å². The number of hydrogen-bond acceptors (Lipinski definition) is 6. The Balaban J connectivity index is 1.48. The summed E-state index contributed by atoms with van der Waals surface area (Å²) in [5, 5.41) is 4.07. The molecule has 2 aliphatic heterocycles. The van der Waals surface area contributed by atoms with Crippen LogP contribution in [0.1, 0.15) is 41.4 Å². The lowest BCUT2D eigenvalue weighted by Gasteiger charge is -2.47. The van der Waals surface area contributed by atoms with Crippen LogP contribution < -0.4 is 10.3 Å². The van der Waals surface area contributed by atoms with E-state index in [0.717, 1.165) is 43.2 Å². The van der Waals surface area contributed by atoms with Gasteiger partial charge in [0.25, 0.3) is 5.56 Å². The van der Waals surface area contributed by atoms with Gasteiger partial charge in [0, 0.05) is 43.7 Å². The molecular weight excluding hydrogens is 380 g/mol. The van der Waals surface area contributed by atoms with Crippen molar-refractivity contribution in [3.05, 3.63) is 75.8 Å². The number of likely N-dealkylation sites (tertiary alicyclic amines) is 1. The van der Waals surface area contributed by atoms with Crippen molar-refractivity contribution in [1.29, 1.82) is 0 Å². The lowest BCUT2D eigenvalue weighted by Crippen LogP contribution is -2.49. The van der Waals surface area contributed by atoms with E-state index in [1.165, 1.54) is 5.56 Å². The van der Waals surface area contributed by atoms with E-state index in [-0.39, 0.29) is 11.6 Å². The van der Waals surface area contributed by atoms with E-state index < -0.39 is 0 Å². The van der Waals surface area contributed by atoms with Crippen molar-refractivity contribution in [2.24, 2.45) is 5.92 Å². The fourth-order valence-corrected chi connectivity index (χ4v) is 5.17. The minimum atomic E-state index is 0.0948. The molecule has 3 atom stereocenters. The van der Waals surface area contributed by atoms with Gasteiger partial charge in [0.15, 0.2) is 5.82 Å². The quantitative estimate of drug-likeness (QED) is 0.649. The molecule has 1 aromatic carbocycles. The zero-order chi connectivity index (χ0) is 20.7. The van der Waals surface area contributed by atoms with Crippen LogP contribution in [-0.4, -0.2) is 39.8 Å². The second-order valence-corrected chi connectivity index (χ2v) is 8.40. The Bertz CT molecular complexity index is 1110. The Kier molecular flexibility index (Phi) is 4.90. The van der Waals surface area contributed by atoms with E-state index in [9.17, 15) is 4.79 Å². The summed E-state index contributed by atoms with van der Waals surface area (Å²) in [7, 11) is 1.68. The summed E-state index contributed by atoms with van der Waals surface area (Å²) in [5.41, 5.74) is 2.42. The van der Waals surface area contributed by atoms with Gasteiger partial charge in [-0.2, -0.15) is 4.98 Å². The fraction of sp³-hybridized carbons (Fsp3) is 0.435. The van der Waals surface area contributed by atoms with E-state index in [4.69, 9.17) is 9.26 Å². The first-order valence-electron chi connectivity index (χ1n) is 10.5. The summed E-state index contributed by atoms with van der Waals surface area (Å²) in [6.45, 7) is 4.31. The highest BCUT2D eigenvalue weighted by molar-refractivity contribution is 5.30. The van der Waals surface area contributed by atoms with E-state index >= 15 is 0 Å². The van der Waals surface area contributed by atoms with Crippen LogP contribution in [0.4, 0.5) is 0 Å². The third-order valence-corrected chi connectivity index (χ3v) is 6.39. The molecule has 2 aliphatic rings. The highest BCUT2D eigenvalue weighted by Gasteiger charge is 2.40. The van der Waals surface area contributed by atoms with Gasteiger partial charge in [-0.25, -0.2) is 0 Å². The standard InChI is InChI=1S/C23H26N4O3/c1-15-24-22(25-30-15)14-26-12-17-11-18(13-26)21(27-20(17)7-4-8-23(27)28)10-16-5-3-6-19(9-16)29-2/h3-9,17-18,21H,10-14H2,1-2H3/t17-,18+,21+/m1/s1. The van der Waals surface area contributed by atoms with Crippen LogP contribution in [0.15, 0.2) is 51.8 Å². The fourth-order valence-electron chi connectivity index (χ4n) is 5.17. The first kappa shape index (κ1) is 19.1. The summed E-state index contributed by atoms with van der Waals surface area (Å²) < 4.78 is 12.6. The third-order valence-electron chi connectivity index (χ3n) is 6.39. The first-order chi connectivity index (χ1) is 14.6. The number of pyridine rings is 1. The van der Waals surface area contributed by atoms with Crippen molar-refractivity contribution in [2.45, 2.75) is 38.3 Å². The predicted molar refractivity (Wildman–Crippen MR) is 112 cm³/mol. The maximum atomic E-state index is 12.9. The third kappa shape index (κ3) is 3.54. The van der Waals surface area contributed by atoms with Crippen molar-refractivity contribution < 1.29 is 9.26 Å². The molecule has 3 aromatic rings. The maximum absolute atomic E-state index is 12.9. The molecule has 7 heteroatoms. The average Bonchev–Trinajstić information content (AvgIpc) is 3.16. The summed E-state index contributed by atoms with van der Waals surface area (Å²) in [5.74, 6) is 2.89. The van der Waals surface area contributed by atoms with Crippen LogP contribution in [-0.2, 0) is 13.0 Å². The van der Waals surface area contributed by atoms with Gasteiger partial charge in [-0.05, 0) is 42.5 Å². The second-order valence-electron chi connectivity index (χ2n) is 8.40. The molecule has 30 heavy (non-hydrogen) atoms. The van der Waals surface area contributed by atoms with Crippen molar-refractivity contribution in [1.82, 2.24) is 19.6 Å². The Hall–Kier alpha value is -2.93. The summed E-state index contributed by atoms with van der Waals surface area (Å²) in [4.78, 5) is 19.7. The molecule has 0 amide bonds. The number of hydrogen-bond donors (Lipinski definition) is 0. The van der Waals surface area contributed by atoms with Crippen LogP contribution >= 0.6 is 0 Å². The van der Waals surface area contributed by atoms with Gasteiger partial charge in [-0.1, -0.05) is 23.4 Å². The van der Waals surface area contributed by atoms with Gasteiger partial charge < -0.3 is 13.8 Å². The van der Waals surface area contributed by atoms with Gasteiger partial charge in [0.2, 0.25) is 5.89 Å². The zero-order valence-corrected chi connectivity index (χ0v) is 17.3. The Morgan fingerprint density at radius 3 is 2.87 bits per heavy atom. The van der Waals surface area contributed by atoms with Crippen molar-refractivity contribution in [3.63, 3.8) is 0 Å². The number of ether oxygens (including phenoxy) is 1. The number of nitrogens with zero attached hydrogens (tertiary/aromatic N) is 4. The Morgan fingerprint density at radius 1 is 1.20 bits per heavy atom. The molecule has 1 fully saturated rings. The number of aromatic nitrogens is 3. The van der Waals surface area contributed by atoms with Crippen LogP contribution in [0.3, 0.4) is 0 Å². The highest BCUT2D eigenvalue weighted by atomic mass is 16.5. The van der Waals surface area contributed by atoms with Crippen molar-refractivity contribution in [2.75, 3.05) is 20.2 Å². The van der Waals surface area contributed by atoms with Crippen molar-refractivity contribution in [3.8, 4) is 5.75 Å². The Labute approximate surface area is 175 Å². The largest absolute Gasteiger partial charge is 0.497 e. The number of piperidine rings is 1. The Morgan fingerprint density at radius 2 is 2.07 bits per heavy atom. The van der Waals surface area contributed by atoms with Crippen LogP contribution in [0.2, 0.25) is 0 Å². The van der Waals surface area contributed by atoms with Crippen LogP contribution in [0.5, 0.6) is 5.75 Å². The lowest BCUT2D eigenvalue weighted by atomic mass is 9.76. The minimum absolute atomic E-state index is 0.0948. The molecule has 0 radical (unpaired) electrons. The summed E-state index contributed by atoms with van der Waals surface area (Å²) in [6, 6.07) is 14.0. The second kappa shape index (κ2) is 7.72. The molecule has 156 valence electrons. The normalized spacial score (nSPS) is 23.2. The predicted octanol–water partition coefficient (Wildman–Crippen LogP) is 2.95. The van der Waals surface area contributed by atoms with E-state index in [0.29, 0.717) is 24.3 Å². The minimum Gasteiger partial charge on any atom is -0.497 e. The monoisotopic (exact) mass is 406 g/mol. The molecule has 0 aliphatic carbocycles. The van der Waals surface area contributed by atoms with E-state index in [1.807, 2.05) is 29.7 Å². The molecule has 2 bridgehead atoms. The molecule has 0 N–H and O–H groups in total. The number of fused-ring (bicyclic) bond motifs is 4.